The predicted molar refractivity (Wildman–Crippen MR) is 60.0 cm³/mol. The molecule has 0 aliphatic carbocycles. The van der Waals surface area contributed by atoms with Gasteiger partial charge in [-0.1, -0.05) is 0 Å². The second kappa shape index (κ2) is 5.14. The van der Waals surface area contributed by atoms with Gasteiger partial charge in [-0.15, -0.1) is 10.2 Å². The molecule has 0 aliphatic heterocycles. The summed E-state index contributed by atoms with van der Waals surface area (Å²) in [5.74, 6) is 0.834. The lowest BCUT2D eigenvalue weighted by atomic mass is 10.3. The van der Waals surface area contributed by atoms with Crippen molar-refractivity contribution in [2.24, 2.45) is 0 Å². The Morgan fingerprint density at radius 1 is 1.44 bits per heavy atom. The Hall–Kier alpha value is -1.33. The van der Waals surface area contributed by atoms with Crippen LogP contribution >= 0.6 is 11.6 Å². The summed E-state index contributed by atoms with van der Waals surface area (Å²) in [5, 5.41) is 11.2. The minimum Gasteiger partial charge on any atom is -0.448 e. The molecule has 1 atom stereocenters. The van der Waals surface area contributed by atoms with Crippen molar-refractivity contribution in [1.82, 2.24) is 20.1 Å². The van der Waals surface area contributed by atoms with Crippen LogP contribution in [0.4, 0.5) is 0 Å². The standard InChI is InChI=1S/C10H13ClN4O/c1-8(5-15-6-13-14-7-15)12-4-9-2-3-10(11)16-9/h2-3,6-8,12H,4-5H2,1H3. The van der Waals surface area contributed by atoms with Crippen LogP contribution in [0.3, 0.4) is 0 Å². The second-order valence-corrected chi connectivity index (χ2v) is 4.02. The Morgan fingerprint density at radius 3 is 2.81 bits per heavy atom. The lowest BCUT2D eigenvalue weighted by Gasteiger charge is -2.12. The van der Waals surface area contributed by atoms with Crippen molar-refractivity contribution in [3.8, 4) is 0 Å². The van der Waals surface area contributed by atoms with Crippen molar-refractivity contribution >= 4 is 11.6 Å². The minimum atomic E-state index is 0.305. The Balaban J connectivity index is 1.77. The molecule has 0 bridgehead atoms. The molecule has 0 fully saturated rings. The molecule has 16 heavy (non-hydrogen) atoms. The van der Waals surface area contributed by atoms with Crippen LogP contribution in [0, 0.1) is 0 Å². The topological polar surface area (TPSA) is 55.9 Å². The molecule has 0 saturated heterocycles. The van der Waals surface area contributed by atoms with Gasteiger partial charge in [0.1, 0.15) is 18.4 Å². The molecule has 0 aliphatic rings. The van der Waals surface area contributed by atoms with Crippen LogP contribution in [0.25, 0.3) is 0 Å². The predicted octanol–water partition coefficient (Wildman–Crippen LogP) is 1.70. The van der Waals surface area contributed by atoms with Crippen LogP contribution < -0.4 is 5.32 Å². The van der Waals surface area contributed by atoms with E-state index in [1.54, 1.807) is 18.7 Å². The summed E-state index contributed by atoms with van der Waals surface area (Å²) in [6.07, 6.45) is 3.39. The Kier molecular flexibility index (Phi) is 3.58. The van der Waals surface area contributed by atoms with E-state index in [0.717, 1.165) is 12.3 Å². The van der Waals surface area contributed by atoms with E-state index >= 15 is 0 Å². The normalized spacial score (nSPS) is 12.9. The van der Waals surface area contributed by atoms with Gasteiger partial charge in [-0.2, -0.15) is 0 Å². The van der Waals surface area contributed by atoms with Crippen molar-refractivity contribution < 1.29 is 4.42 Å². The number of rotatable bonds is 5. The average Bonchev–Trinajstić information content (AvgIpc) is 2.87. The molecule has 0 saturated carbocycles. The summed E-state index contributed by atoms with van der Waals surface area (Å²) < 4.78 is 7.16. The zero-order valence-corrected chi connectivity index (χ0v) is 9.68. The number of nitrogens with zero attached hydrogens (tertiary/aromatic N) is 3. The largest absolute Gasteiger partial charge is 0.448 e. The summed E-state index contributed by atoms with van der Waals surface area (Å²) in [4.78, 5) is 0. The summed E-state index contributed by atoms with van der Waals surface area (Å²) in [6, 6.07) is 3.91. The Labute approximate surface area is 98.4 Å². The SMILES string of the molecule is CC(Cn1cnnc1)NCc1ccc(Cl)o1. The molecule has 1 unspecified atom stereocenters. The van der Waals surface area contributed by atoms with Crippen molar-refractivity contribution in [2.75, 3.05) is 0 Å². The van der Waals surface area contributed by atoms with Gasteiger partial charge in [0, 0.05) is 12.6 Å². The minimum absolute atomic E-state index is 0.305. The van der Waals surface area contributed by atoms with Crippen molar-refractivity contribution in [3.05, 3.63) is 35.8 Å². The van der Waals surface area contributed by atoms with Gasteiger partial charge in [-0.25, -0.2) is 0 Å². The number of hydrogen-bond donors (Lipinski definition) is 1. The van der Waals surface area contributed by atoms with Gasteiger partial charge in [-0.05, 0) is 30.7 Å². The van der Waals surface area contributed by atoms with Crippen LogP contribution in [0.5, 0.6) is 0 Å². The van der Waals surface area contributed by atoms with Crippen molar-refractivity contribution in [3.63, 3.8) is 0 Å². The van der Waals surface area contributed by atoms with Crippen molar-refractivity contribution in [2.45, 2.75) is 26.1 Å². The van der Waals surface area contributed by atoms with Crippen molar-refractivity contribution in [1.29, 1.82) is 0 Å². The molecule has 2 aromatic heterocycles. The van der Waals surface area contributed by atoms with Gasteiger partial charge in [0.25, 0.3) is 0 Å². The van der Waals surface area contributed by atoms with Gasteiger partial charge in [0.2, 0.25) is 0 Å². The van der Waals surface area contributed by atoms with Gasteiger partial charge < -0.3 is 14.3 Å². The first-order valence-electron chi connectivity index (χ1n) is 5.04. The number of aromatic nitrogens is 3. The molecule has 86 valence electrons. The second-order valence-electron chi connectivity index (χ2n) is 3.65. The van der Waals surface area contributed by atoms with Crippen LogP contribution in [0.15, 0.2) is 29.2 Å². The zero-order chi connectivity index (χ0) is 11.4. The Morgan fingerprint density at radius 2 is 2.19 bits per heavy atom. The molecule has 0 aromatic carbocycles. The molecule has 2 heterocycles. The maximum atomic E-state index is 5.68. The number of hydrogen-bond acceptors (Lipinski definition) is 4. The summed E-state index contributed by atoms with van der Waals surface area (Å²) in [5.41, 5.74) is 0. The lowest BCUT2D eigenvalue weighted by molar-refractivity contribution is 0.428. The van der Waals surface area contributed by atoms with E-state index < -0.39 is 0 Å². The third kappa shape index (κ3) is 3.08. The third-order valence-corrected chi connectivity index (χ3v) is 2.41. The number of nitrogens with one attached hydrogen (secondary N) is 1. The highest BCUT2D eigenvalue weighted by atomic mass is 35.5. The molecular formula is C10H13ClN4O. The van der Waals surface area contributed by atoms with Gasteiger partial charge in [-0.3, -0.25) is 0 Å². The molecule has 0 radical (unpaired) electrons. The maximum absolute atomic E-state index is 5.68. The molecule has 1 N–H and O–H groups in total. The van der Waals surface area contributed by atoms with Gasteiger partial charge in [0.05, 0.1) is 6.54 Å². The monoisotopic (exact) mass is 240 g/mol. The smallest absolute Gasteiger partial charge is 0.193 e. The molecule has 6 heteroatoms. The molecule has 0 spiro atoms. The summed E-state index contributed by atoms with van der Waals surface area (Å²) >= 11 is 5.68. The molecule has 2 aromatic rings. The number of halogens is 1. The van der Waals surface area contributed by atoms with E-state index in [-0.39, 0.29) is 0 Å². The molecule has 5 nitrogen and oxygen atoms in total. The highest BCUT2D eigenvalue weighted by Gasteiger charge is 2.04. The van der Waals surface area contributed by atoms with Crippen LogP contribution in [-0.2, 0) is 13.1 Å². The fraction of sp³-hybridized carbons (Fsp3) is 0.400. The van der Waals surface area contributed by atoms with Gasteiger partial charge in [0.15, 0.2) is 5.22 Å². The fourth-order valence-electron chi connectivity index (χ4n) is 1.42. The van der Waals surface area contributed by atoms with E-state index in [9.17, 15) is 0 Å². The zero-order valence-electron chi connectivity index (χ0n) is 8.93. The fourth-order valence-corrected chi connectivity index (χ4v) is 1.58. The Bertz CT molecular complexity index is 426. The maximum Gasteiger partial charge on any atom is 0.193 e. The third-order valence-electron chi connectivity index (χ3n) is 2.20. The molecule has 0 amide bonds. The van der Waals surface area contributed by atoms with Gasteiger partial charge >= 0.3 is 0 Å². The summed E-state index contributed by atoms with van der Waals surface area (Å²) in [7, 11) is 0. The first-order chi connectivity index (χ1) is 7.74. The molecular weight excluding hydrogens is 228 g/mol. The molecule has 2 rings (SSSR count). The lowest BCUT2D eigenvalue weighted by Crippen LogP contribution is -2.29. The van der Waals surface area contributed by atoms with Crippen LogP contribution in [-0.4, -0.2) is 20.8 Å². The van der Waals surface area contributed by atoms with E-state index in [4.69, 9.17) is 16.0 Å². The van der Waals surface area contributed by atoms with E-state index in [0.29, 0.717) is 17.8 Å². The van der Waals surface area contributed by atoms with E-state index in [1.807, 2.05) is 10.6 Å². The van der Waals surface area contributed by atoms with E-state index in [2.05, 4.69) is 22.4 Å². The number of furan rings is 1. The highest BCUT2D eigenvalue weighted by Crippen LogP contribution is 2.12. The van der Waals surface area contributed by atoms with Crippen LogP contribution in [0.1, 0.15) is 12.7 Å². The highest BCUT2D eigenvalue weighted by molar-refractivity contribution is 6.28. The quantitative estimate of drug-likeness (QED) is 0.864. The average molecular weight is 241 g/mol. The van der Waals surface area contributed by atoms with E-state index in [1.165, 1.54) is 0 Å². The first-order valence-corrected chi connectivity index (χ1v) is 5.42. The van der Waals surface area contributed by atoms with Crippen LogP contribution in [0.2, 0.25) is 5.22 Å². The summed E-state index contributed by atoms with van der Waals surface area (Å²) in [6.45, 7) is 3.57. The first kappa shape index (κ1) is 11.2.